The van der Waals surface area contributed by atoms with Crippen molar-refractivity contribution in [1.29, 1.82) is 0 Å². The summed E-state index contributed by atoms with van der Waals surface area (Å²) in [7, 11) is 0. The van der Waals surface area contributed by atoms with Crippen LogP contribution in [0.1, 0.15) is 31.9 Å². The van der Waals surface area contributed by atoms with Crippen LogP contribution in [0.15, 0.2) is 42.5 Å². The largest absolute Gasteiger partial charge is 0.494 e. The first-order chi connectivity index (χ1) is 11.9. The number of anilines is 2. The van der Waals surface area contributed by atoms with Crippen LogP contribution in [0.5, 0.6) is 5.75 Å². The summed E-state index contributed by atoms with van der Waals surface area (Å²) in [6.45, 7) is 6.31. The predicted octanol–water partition coefficient (Wildman–Crippen LogP) is 3.50. The third-order valence-corrected chi connectivity index (χ3v) is 4.39. The van der Waals surface area contributed by atoms with Gasteiger partial charge in [0.25, 0.3) is 0 Å². The molecule has 1 aliphatic heterocycles. The maximum Gasteiger partial charge on any atom is 0.234 e. The molecule has 0 radical (unpaired) electrons. The van der Waals surface area contributed by atoms with E-state index < -0.39 is 5.41 Å². The molecule has 5 heteroatoms. The standard InChI is InChI=1S/C20H22N2O3/c1-4-25-15-8-6-14(7-9-15)21-18(23)12-13-5-10-17-16(11-13)20(2,3)19(24)22-17/h5-11H,4,12H2,1-3H3,(H,21,23)(H,22,24). The van der Waals surface area contributed by atoms with Gasteiger partial charge in [0.15, 0.2) is 0 Å². The molecule has 2 amide bonds. The van der Waals surface area contributed by atoms with Gasteiger partial charge in [-0.2, -0.15) is 0 Å². The number of carbonyl (C=O) groups excluding carboxylic acids is 2. The highest BCUT2D eigenvalue weighted by Gasteiger charge is 2.38. The van der Waals surface area contributed by atoms with Gasteiger partial charge in [-0.15, -0.1) is 0 Å². The van der Waals surface area contributed by atoms with Crippen LogP contribution in [-0.4, -0.2) is 18.4 Å². The Kier molecular flexibility index (Phi) is 4.49. The molecule has 3 rings (SSSR count). The zero-order valence-corrected chi connectivity index (χ0v) is 14.7. The van der Waals surface area contributed by atoms with E-state index in [-0.39, 0.29) is 18.2 Å². The van der Waals surface area contributed by atoms with Crippen molar-refractivity contribution in [2.75, 3.05) is 17.2 Å². The van der Waals surface area contributed by atoms with E-state index >= 15 is 0 Å². The maximum absolute atomic E-state index is 12.3. The van der Waals surface area contributed by atoms with Crippen LogP contribution in [0.25, 0.3) is 0 Å². The highest BCUT2D eigenvalue weighted by molar-refractivity contribution is 6.05. The smallest absolute Gasteiger partial charge is 0.234 e. The molecular formula is C20H22N2O3. The Morgan fingerprint density at radius 3 is 2.56 bits per heavy atom. The third kappa shape index (κ3) is 3.50. The lowest BCUT2D eigenvalue weighted by molar-refractivity contribution is -0.119. The second-order valence-electron chi connectivity index (χ2n) is 6.64. The summed E-state index contributed by atoms with van der Waals surface area (Å²) in [6, 6.07) is 13.0. The minimum absolute atomic E-state index is 0.0153. The van der Waals surface area contributed by atoms with Crippen molar-refractivity contribution in [3.8, 4) is 5.75 Å². The summed E-state index contributed by atoms with van der Waals surface area (Å²) >= 11 is 0. The van der Waals surface area contributed by atoms with Gasteiger partial charge < -0.3 is 15.4 Å². The van der Waals surface area contributed by atoms with Gasteiger partial charge in [-0.25, -0.2) is 0 Å². The number of carbonyl (C=O) groups is 2. The minimum atomic E-state index is -0.572. The molecular weight excluding hydrogens is 316 g/mol. The normalized spacial score (nSPS) is 14.6. The summed E-state index contributed by atoms with van der Waals surface area (Å²) in [6.07, 6.45) is 0.255. The minimum Gasteiger partial charge on any atom is -0.494 e. The van der Waals surface area contributed by atoms with E-state index in [2.05, 4.69) is 10.6 Å². The van der Waals surface area contributed by atoms with Crippen molar-refractivity contribution in [2.24, 2.45) is 0 Å². The van der Waals surface area contributed by atoms with Gasteiger partial charge >= 0.3 is 0 Å². The molecule has 0 saturated carbocycles. The Labute approximate surface area is 147 Å². The van der Waals surface area contributed by atoms with E-state index in [1.54, 1.807) is 0 Å². The Bertz CT molecular complexity index is 810. The Morgan fingerprint density at radius 2 is 1.88 bits per heavy atom. The zero-order valence-electron chi connectivity index (χ0n) is 14.7. The average molecular weight is 338 g/mol. The van der Waals surface area contributed by atoms with Gasteiger partial charge in [-0.1, -0.05) is 12.1 Å². The van der Waals surface area contributed by atoms with Gasteiger partial charge in [-0.05, 0) is 62.2 Å². The summed E-state index contributed by atoms with van der Waals surface area (Å²) in [5.41, 5.74) is 2.80. The summed E-state index contributed by atoms with van der Waals surface area (Å²) in [4.78, 5) is 24.3. The number of fused-ring (bicyclic) bond motifs is 1. The molecule has 5 nitrogen and oxygen atoms in total. The fraction of sp³-hybridized carbons (Fsp3) is 0.300. The van der Waals surface area contributed by atoms with Gasteiger partial charge in [0.05, 0.1) is 18.4 Å². The van der Waals surface area contributed by atoms with Crippen LogP contribution in [0.3, 0.4) is 0 Å². The molecule has 0 spiro atoms. The molecule has 0 fully saturated rings. The van der Waals surface area contributed by atoms with Gasteiger partial charge in [-0.3, -0.25) is 9.59 Å². The number of amides is 2. The average Bonchev–Trinajstić information content (AvgIpc) is 2.79. The van der Waals surface area contributed by atoms with E-state index in [0.717, 1.165) is 28.3 Å². The molecule has 25 heavy (non-hydrogen) atoms. The van der Waals surface area contributed by atoms with Crippen LogP contribution >= 0.6 is 0 Å². The summed E-state index contributed by atoms with van der Waals surface area (Å²) in [5.74, 6) is 0.663. The Morgan fingerprint density at radius 1 is 1.16 bits per heavy atom. The SMILES string of the molecule is CCOc1ccc(NC(=O)Cc2ccc3c(c2)C(C)(C)C(=O)N3)cc1. The highest BCUT2D eigenvalue weighted by atomic mass is 16.5. The molecule has 1 aliphatic rings. The quantitative estimate of drug-likeness (QED) is 0.877. The molecule has 0 aromatic heterocycles. The molecule has 130 valence electrons. The molecule has 2 N–H and O–H groups in total. The number of hydrogen-bond acceptors (Lipinski definition) is 3. The predicted molar refractivity (Wildman–Crippen MR) is 98.0 cm³/mol. The third-order valence-electron chi connectivity index (χ3n) is 4.39. The molecule has 2 aromatic carbocycles. The van der Waals surface area contributed by atoms with Gasteiger partial charge in [0, 0.05) is 11.4 Å². The van der Waals surface area contributed by atoms with E-state index in [1.165, 1.54) is 0 Å². The van der Waals surface area contributed by atoms with Crippen LogP contribution in [-0.2, 0) is 21.4 Å². The highest BCUT2D eigenvalue weighted by Crippen LogP contribution is 2.37. The van der Waals surface area contributed by atoms with Gasteiger partial charge in [0.2, 0.25) is 11.8 Å². The lowest BCUT2D eigenvalue weighted by atomic mass is 9.85. The van der Waals surface area contributed by atoms with Crippen molar-refractivity contribution in [3.05, 3.63) is 53.6 Å². The second-order valence-corrected chi connectivity index (χ2v) is 6.64. The molecule has 0 saturated heterocycles. The number of hydrogen-bond donors (Lipinski definition) is 2. The molecule has 0 atom stereocenters. The van der Waals surface area contributed by atoms with E-state index in [1.807, 2.05) is 63.2 Å². The van der Waals surface area contributed by atoms with Crippen molar-refractivity contribution >= 4 is 23.2 Å². The molecule has 2 aromatic rings. The summed E-state index contributed by atoms with van der Waals surface area (Å²) in [5, 5.41) is 5.75. The second kappa shape index (κ2) is 6.59. The van der Waals surface area contributed by atoms with Crippen molar-refractivity contribution in [3.63, 3.8) is 0 Å². The fourth-order valence-corrected chi connectivity index (χ4v) is 2.92. The number of nitrogens with one attached hydrogen (secondary N) is 2. The fourth-order valence-electron chi connectivity index (χ4n) is 2.92. The number of ether oxygens (including phenoxy) is 1. The lowest BCUT2D eigenvalue weighted by Gasteiger charge is -2.15. The van der Waals surface area contributed by atoms with Crippen LogP contribution in [0.2, 0.25) is 0 Å². The first-order valence-electron chi connectivity index (χ1n) is 8.37. The van der Waals surface area contributed by atoms with Crippen LogP contribution in [0.4, 0.5) is 11.4 Å². The van der Waals surface area contributed by atoms with Crippen molar-refractivity contribution in [1.82, 2.24) is 0 Å². The van der Waals surface area contributed by atoms with Crippen molar-refractivity contribution in [2.45, 2.75) is 32.6 Å². The first-order valence-corrected chi connectivity index (χ1v) is 8.37. The summed E-state index contributed by atoms with van der Waals surface area (Å²) < 4.78 is 5.39. The first kappa shape index (κ1) is 17.0. The monoisotopic (exact) mass is 338 g/mol. The Hall–Kier alpha value is -2.82. The molecule has 1 heterocycles. The van der Waals surface area contributed by atoms with Crippen LogP contribution in [0, 0.1) is 0 Å². The van der Waals surface area contributed by atoms with Gasteiger partial charge in [0.1, 0.15) is 5.75 Å². The van der Waals surface area contributed by atoms with E-state index in [0.29, 0.717) is 6.61 Å². The molecule has 0 aliphatic carbocycles. The number of benzene rings is 2. The zero-order chi connectivity index (χ0) is 18.0. The van der Waals surface area contributed by atoms with Crippen LogP contribution < -0.4 is 15.4 Å². The Balaban J connectivity index is 1.68. The number of rotatable bonds is 5. The lowest BCUT2D eigenvalue weighted by Crippen LogP contribution is -2.27. The molecule has 0 unspecified atom stereocenters. The van der Waals surface area contributed by atoms with E-state index in [4.69, 9.17) is 4.74 Å². The topological polar surface area (TPSA) is 67.4 Å². The van der Waals surface area contributed by atoms with E-state index in [9.17, 15) is 9.59 Å². The maximum atomic E-state index is 12.3. The molecule has 0 bridgehead atoms. The van der Waals surface area contributed by atoms with Crippen molar-refractivity contribution < 1.29 is 14.3 Å².